The van der Waals surface area contributed by atoms with Gasteiger partial charge in [0.1, 0.15) is 6.10 Å². The molecule has 0 unspecified atom stereocenters. The topological polar surface area (TPSA) is 72.8 Å². The van der Waals surface area contributed by atoms with Crippen LogP contribution in [0.4, 0.5) is 0 Å². The minimum absolute atomic E-state index is 0.241. The van der Waals surface area contributed by atoms with Crippen LogP contribution in [-0.4, -0.2) is 36.4 Å². The highest BCUT2D eigenvalue weighted by Gasteiger charge is 2.26. The first-order chi connectivity index (χ1) is 7.02. The van der Waals surface area contributed by atoms with E-state index in [1.807, 2.05) is 0 Å². The molecule has 0 radical (unpaired) electrons. The molecule has 0 saturated carbocycles. The van der Waals surface area contributed by atoms with Crippen molar-refractivity contribution < 1.29 is 24.2 Å². The summed E-state index contributed by atoms with van der Waals surface area (Å²) in [5.41, 5.74) is 0.350. The number of carbonyl (C=O) groups is 2. The fourth-order valence-electron chi connectivity index (χ4n) is 1.54. The number of rotatable bonds is 2. The summed E-state index contributed by atoms with van der Waals surface area (Å²) >= 11 is 0. The molecule has 1 aliphatic rings. The molecule has 0 spiro atoms. The van der Waals surface area contributed by atoms with Crippen LogP contribution in [0.15, 0.2) is 11.6 Å². The zero-order valence-corrected chi connectivity index (χ0v) is 8.73. The fraction of sp³-hybridized carbons (Fsp3) is 0.600. The zero-order valence-electron chi connectivity index (χ0n) is 8.73. The maximum atomic E-state index is 11.2. The number of hydrogen-bond acceptors (Lipinski definition) is 5. The minimum atomic E-state index is -0.673. The van der Waals surface area contributed by atoms with Crippen molar-refractivity contribution >= 4 is 11.9 Å². The van der Waals surface area contributed by atoms with Gasteiger partial charge in [0.05, 0.1) is 13.2 Å². The highest BCUT2D eigenvalue weighted by Crippen LogP contribution is 2.21. The quantitative estimate of drug-likeness (QED) is 0.663. The first kappa shape index (κ1) is 11.7. The third-order valence-corrected chi connectivity index (χ3v) is 2.11. The zero-order chi connectivity index (χ0) is 11.4. The third kappa shape index (κ3) is 3.36. The van der Waals surface area contributed by atoms with Crippen molar-refractivity contribution in [3.05, 3.63) is 11.6 Å². The number of methoxy groups -OCH3 is 1. The second-order valence-electron chi connectivity index (χ2n) is 3.43. The Hall–Kier alpha value is -1.36. The molecule has 0 saturated heterocycles. The first-order valence-electron chi connectivity index (χ1n) is 4.67. The fourth-order valence-corrected chi connectivity index (χ4v) is 1.54. The van der Waals surface area contributed by atoms with E-state index in [0.29, 0.717) is 12.0 Å². The van der Waals surface area contributed by atoms with Gasteiger partial charge in [0.25, 0.3) is 0 Å². The molecule has 1 N–H and O–H groups in total. The molecule has 0 fully saturated rings. The Morgan fingerprint density at radius 2 is 2.20 bits per heavy atom. The second kappa shape index (κ2) is 4.93. The number of carbonyl (C=O) groups excluding carboxylic acids is 2. The lowest BCUT2D eigenvalue weighted by Gasteiger charge is -2.23. The van der Waals surface area contributed by atoms with Crippen molar-refractivity contribution in [1.82, 2.24) is 0 Å². The van der Waals surface area contributed by atoms with Crippen LogP contribution in [-0.2, 0) is 19.1 Å². The Morgan fingerprint density at radius 3 is 2.73 bits per heavy atom. The molecular weight excluding hydrogens is 200 g/mol. The van der Waals surface area contributed by atoms with E-state index >= 15 is 0 Å². The van der Waals surface area contributed by atoms with E-state index in [-0.39, 0.29) is 6.42 Å². The second-order valence-corrected chi connectivity index (χ2v) is 3.43. The van der Waals surface area contributed by atoms with Crippen molar-refractivity contribution in [2.45, 2.75) is 32.0 Å². The number of esters is 2. The molecule has 84 valence electrons. The highest BCUT2D eigenvalue weighted by molar-refractivity contribution is 5.88. The van der Waals surface area contributed by atoms with E-state index in [1.54, 1.807) is 0 Å². The van der Waals surface area contributed by atoms with Crippen LogP contribution in [0.25, 0.3) is 0 Å². The molecular formula is C10H14O5. The molecule has 0 aromatic rings. The smallest absolute Gasteiger partial charge is 0.333 e. The van der Waals surface area contributed by atoms with Crippen LogP contribution < -0.4 is 0 Å². The molecule has 15 heavy (non-hydrogen) atoms. The lowest BCUT2D eigenvalue weighted by atomic mass is 9.95. The van der Waals surface area contributed by atoms with E-state index < -0.39 is 24.1 Å². The van der Waals surface area contributed by atoms with Gasteiger partial charge in [0.15, 0.2) is 0 Å². The summed E-state index contributed by atoms with van der Waals surface area (Å²) in [4.78, 5) is 21.9. The van der Waals surface area contributed by atoms with Crippen molar-refractivity contribution in [2.24, 2.45) is 0 Å². The van der Waals surface area contributed by atoms with E-state index in [0.717, 1.165) is 0 Å². The molecule has 5 nitrogen and oxygen atoms in total. The van der Waals surface area contributed by atoms with Crippen molar-refractivity contribution in [3.8, 4) is 0 Å². The van der Waals surface area contributed by atoms with Gasteiger partial charge < -0.3 is 14.6 Å². The maximum absolute atomic E-state index is 11.2. The van der Waals surface area contributed by atoms with E-state index in [4.69, 9.17) is 4.74 Å². The number of aliphatic hydroxyl groups excluding tert-OH is 1. The van der Waals surface area contributed by atoms with E-state index in [9.17, 15) is 14.7 Å². The number of ether oxygens (including phenoxy) is 2. The van der Waals surface area contributed by atoms with Crippen molar-refractivity contribution in [1.29, 1.82) is 0 Å². The lowest BCUT2D eigenvalue weighted by Crippen LogP contribution is -2.28. The van der Waals surface area contributed by atoms with Gasteiger partial charge in [0, 0.05) is 25.3 Å². The molecule has 0 aliphatic heterocycles. The molecule has 0 aromatic heterocycles. The molecule has 1 rings (SSSR count). The summed E-state index contributed by atoms with van der Waals surface area (Å²) in [6.45, 7) is 1.28. The largest absolute Gasteiger partial charge is 0.466 e. The summed E-state index contributed by atoms with van der Waals surface area (Å²) in [7, 11) is 1.27. The average molecular weight is 214 g/mol. The summed E-state index contributed by atoms with van der Waals surface area (Å²) in [6.07, 6.45) is 0.874. The normalized spacial score (nSPS) is 25.4. The SMILES string of the molecule is COC(=O)C1=C[C@H](OC(C)=O)C[C@@H](O)C1. The van der Waals surface area contributed by atoms with Gasteiger partial charge in [-0.1, -0.05) is 0 Å². The molecule has 1 aliphatic carbocycles. The third-order valence-electron chi connectivity index (χ3n) is 2.11. The van der Waals surface area contributed by atoms with Gasteiger partial charge in [-0.25, -0.2) is 4.79 Å². The Kier molecular flexibility index (Phi) is 3.85. The summed E-state index contributed by atoms with van der Waals surface area (Å²) in [5, 5.41) is 9.47. The summed E-state index contributed by atoms with van der Waals surface area (Å²) in [5.74, 6) is -0.930. The van der Waals surface area contributed by atoms with Gasteiger partial charge in [0.2, 0.25) is 0 Å². The predicted molar refractivity (Wildman–Crippen MR) is 50.9 cm³/mol. The monoisotopic (exact) mass is 214 g/mol. The summed E-state index contributed by atoms with van der Waals surface area (Å²) < 4.78 is 9.44. The van der Waals surface area contributed by atoms with Gasteiger partial charge >= 0.3 is 11.9 Å². The lowest BCUT2D eigenvalue weighted by molar-refractivity contribution is -0.146. The van der Waals surface area contributed by atoms with Crippen LogP contribution in [0.2, 0.25) is 0 Å². The van der Waals surface area contributed by atoms with Crippen LogP contribution in [0.5, 0.6) is 0 Å². The predicted octanol–water partition coefficient (Wildman–Crippen LogP) is 0.172. The number of hydrogen-bond donors (Lipinski definition) is 1. The van der Waals surface area contributed by atoms with Gasteiger partial charge in [-0.15, -0.1) is 0 Å². The van der Waals surface area contributed by atoms with Crippen LogP contribution in [0.1, 0.15) is 19.8 Å². The van der Waals surface area contributed by atoms with E-state index in [1.165, 1.54) is 20.1 Å². The minimum Gasteiger partial charge on any atom is -0.466 e. The molecule has 0 amide bonds. The Bertz CT molecular complexity index is 294. The average Bonchev–Trinajstić information content (AvgIpc) is 2.14. The maximum Gasteiger partial charge on any atom is 0.333 e. The molecule has 0 bridgehead atoms. The number of aliphatic hydroxyl groups is 1. The first-order valence-corrected chi connectivity index (χ1v) is 4.67. The molecule has 2 atom stereocenters. The van der Waals surface area contributed by atoms with Gasteiger partial charge in [-0.05, 0) is 6.08 Å². The van der Waals surface area contributed by atoms with Gasteiger partial charge in [-0.2, -0.15) is 0 Å². The summed E-state index contributed by atoms with van der Waals surface area (Å²) in [6, 6.07) is 0. The van der Waals surface area contributed by atoms with Crippen LogP contribution in [0.3, 0.4) is 0 Å². The molecule has 5 heteroatoms. The standard InChI is InChI=1S/C10H14O5/c1-6(11)15-9-4-7(10(13)14-2)3-8(12)5-9/h4,8-9,12H,3,5H2,1-2H3/t8-,9-/m0/s1. The Labute approximate surface area is 87.7 Å². The van der Waals surface area contributed by atoms with Crippen molar-refractivity contribution in [2.75, 3.05) is 7.11 Å². The Balaban J connectivity index is 2.74. The van der Waals surface area contributed by atoms with Crippen LogP contribution >= 0.6 is 0 Å². The highest BCUT2D eigenvalue weighted by atomic mass is 16.5. The van der Waals surface area contributed by atoms with E-state index in [2.05, 4.69) is 4.74 Å². The van der Waals surface area contributed by atoms with Crippen molar-refractivity contribution in [3.63, 3.8) is 0 Å². The molecule has 0 heterocycles. The van der Waals surface area contributed by atoms with Crippen LogP contribution in [0, 0.1) is 0 Å². The Morgan fingerprint density at radius 1 is 1.53 bits per heavy atom. The van der Waals surface area contributed by atoms with Gasteiger partial charge in [-0.3, -0.25) is 4.79 Å². The molecule has 0 aromatic carbocycles.